The molecule has 1 aromatic rings. The molecule has 88 valence electrons. The largest absolute Gasteiger partial charge is 0.370 e. The minimum Gasteiger partial charge on any atom is -0.370 e. The molecule has 1 saturated heterocycles. The summed E-state index contributed by atoms with van der Waals surface area (Å²) in [5, 5.41) is 4.82. The summed E-state index contributed by atoms with van der Waals surface area (Å²) in [7, 11) is 0. The van der Waals surface area contributed by atoms with Crippen LogP contribution < -0.4 is 10.2 Å². The third-order valence-electron chi connectivity index (χ3n) is 2.80. The lowest BCUT2D eigenvalue weighted by Crippen LogP contribution is -2.36. The van der Waals surface area contributed by atoms with Crippen molar-refractivity contribution in [2.24, 2.45) is 0 Å². The van der Waals surface area contributed by atoms with E-state index in [0.717, 1.165) is 31.9 Å². The fourth-order valence-electron chi connectivity index (χ4n) is 1.98. The third-order valence-corrected chi connectivity index (χ3v) is 3.24. The Balaban J connectivity index is 2.13. The van der Waals surface area contributed by atoms with Gasteiger partial charge in [0.25, 0.3) is 0 Å². The summed E-state index contributed by atoms with van der Waals surface area (Å²) in [6.45, 7) is 4.24. The second kappa shape index (κ2) is 5.76. The molecule has 0 atom stereocenters. The fraction of sp³-hybridized carbons (Fsp3) is 0.500. The quantitative estimate of drug-likeness (QED) is 0.833. The zero-order valence-corrected chi connectivity index (χ0v) is 10.7. The van der Waals surface area contributed by atoms with Gasteiger partial charge in [-0.15, -0.1) is 0 Å². The van der Waals surface area contributed by atoms with Gasteiger partial charge < -0.3 is 10.2 Å². The molecule has 2 rings (SSSR count). The minimum atomic E-state index is 0.706. The third kappa shape index (κ3) is 3.27. The highest BCUT2D eigenvalue weighted by Gasteiger charge is 2.09. The minimum absolute atomic E-state index is 0.706. The molecular weight excluding hydrogens is 243 g/mol. The van der Waals surface area contributed by atoms with E-state index in [0.29, 0.717) is 10.0 Å². The average Bonchev–Trinajstić information content (AvgIpc) is 2.14. The first-order valence-electron chi connectivity index (χ1n) is 5.67. The fourth-order valence-corrected chi connectivity index (χ4v) is 2.50. The molecule has 0 saturated carbocycles. The van der Waals surface area contributed by atoms with Crippen molar-refractivity contribution >= 4 is 28.9 Å². The number of rotatable bonds is 1. The van der Waals surface area contributed by atoms with Gasteiger partial charge in [-0.05, 0) is 37.6 Å². The van der Waals surface area contributed by atoms with Crippen molar-refractivity contribution in [3.05, 3.63) is 28.2 Å². The van der Waals surface area contributed by atoms with Crippen molar-refractivity contribution in [2.75, 3.05) is 31.1 Å². The van der Waals surface area contributed by atoms with Gasteiger partial charge in [-0.1, -0.05) is 23.2 Å². The highest BCUT2D eigenvalue weighted by molar-refractivity contribution is 6.35. The Hall–Kier alpha value is -0.440. The first-order valence-corrected chi connectivity index (χ1v) is 6.43. The summed E-state index contributed by atoms with van der Waals surface area (Å²) < 4.78 is 0. The second-order valence-electron chi connectivity index (χ2n) is 4.07. The molecule has 1 fully saturated rings. The Morgan fingerprint density at radius 1 is 0.938 bits per heavy atom. The maximum Gasteiger partial charge on any atom is 0.0441 e. The normalized spacial score (nSPS) is 18.0. The molecule has 1 aromatic carbocycles. The van der Waals surface area contributed by atoms with Crippen molar-refractivity contribution in [3.63, 3.8) is 0 Å². The summed E-state index contributed by atoms with van der Waals surface area (Å²) in [6.07, 6.45) is 2.43. The highest BCUT2D eigenvalue weighted by atomic mass is 35.5. The number of hydrogen-bond donors (Lipinski definition) is 1. The van der Waals surface area contributed by atoms with Crippen molar-refractivity contribution in [1.29, 1.82) is 0 Å². The van der Waals surface area contributed by atoms with Gasteiger partial charge in [-0.2, -0.15) is 0 Å². The lowest BCUT2D eigenvalue weighted by atomic mass is 10.2. The van der Waals surface area contributed by atoms with E-state index in [1.165, 1.54) is 12.8 Å². The van der Waals surface area contributed by atoms with Crippen LogP contribution in [0.2, 0.25) is 10.0 Å². The molecular formula is C12H16Cl2N2. The smallest absolute Gasteiger partial charge is 0.0441 e. The van der Waals surface area contributed by atoms with Gasteiger partial charge >= 0.3 is 0 Å². The van der Waals surface area contributed by atoms with Crippen molar-refractivity contribution in [3.8, 4) is 0 Å². The first kappa shape index (κ1) is 12.0. The Labute approximate surface area is 107 Å². The standard InChI is InChI=1S/C12H16Cl2N2/c13-10-7-11(14)9-12(8-10)16-5-2-1-3-15-4-6-16/h7-9,15H,1-6H2. The molecule has 0 radical (unpaired) electrons. The van der Waals surface area contributed by atoms with E-state index in [9.17, 15) is 0 Å². The van der Waals surface area contributed by atoms with Crippen LogP contribution in [0.3, 0.4) is 0 Å². The summed E-state index contributed by atoms with van der Waals surface area (Å²) in [5.41, 5.74) is 1.13. The van der Waals surface area contributed by atoms with Crippen LogP contribution in [0.15, 0.2) is 18.2 Å². The Bertz CT molecular complexity index is 327. The van der Waals surface area contributed by atoms with Crippen LogP contribution in [-0.4, -0.2) is 26.2 Å². The molecule has 1 N–H and O–H groups in total. The number of halogens is 2. The van der Waals surface area contributed by atoms with Crippen molar-refractivity contribution in [1.82, 2.24) is 5.32 Å². The maximum atomic E-state index is 6.02. The van der Waals surface area contributed by atoms with Gasteiger partial charge in [0.2, 0.25) is 0 Å². The molecule has 1 aliphatic rings. The number of hydrogen-bond acceptors (Lipinski definition) is 2. The number of benzene rings is 1. The van der Waals surface area contributed by atoms with Gasteiger partial charge in [0, 0.05) is 35.4 Å². The summed E-state index contributed by atoms with van der Waals surface area (Å²) >= 11 is 12.0. The summed E-state index contributed by atoms with van der Waals surface area (Å²) in [5.74, 6) is 0. The number of anilines is 1. The topological polar surface area (TPSA) is 15.3 Å². The van der Waals surface area contributed by atoms with Crippen LogP contribution in [0.4, 0.5) is 5.69 Å². The lowest BCUT2D eigenvalue weighted by molar-refractivity contribution is 0.567. The molecule has 2 nitrogen and oxygen atoms in total. The molecule has 0 amide bonds. The van der Waals surface area contributed by atoms with Crippen LogP contribution in [0.1, 0.15) is 12.8 Å². The van der Waals surface area contributed by atoms with E-state index >= 15 is 0 Å². The highest BCUT2D eigenvalue weighted by Crippen LogP contribution is 2.25. The number of nitrogens with zero attached hydrogens (tertiary/aromatic N) is 1. The lowest BCUT2D eigenvalue weighted by Gasteiger charge is -2.27. The van der Waals surface area contributed by atoms with Crippen LogP contribution in [-0.2, 0) is 0 Å². The zero-order valence-electron chi connectivity index (χ0n) is 9.18. The summed E-state index contributed by atoms with van der Waals surface area (Å²) in [6, 6.07) is 5.74. The molecule has 0 unspecified atom stereocenters. The Morgan fingerprint density at radius 3 is 2.44 bits per heavy atom. The molecule has 1 aliphatic heterocycles. The van der Waals surface area contributed by atoms with E-state index < -0.39 is 0 Å². The predicted octanol–water partition coefficient (Wildman–Crippen LogP) is 3.18. The Kier molecular flexibility index (Phi) is 4.33. The molecule has 0 aliphatic carbocycles. The molecule has 0 bridgehead atoms. The van der Waals surface area contributed by atoms with Crippen LogP contribution in [0.25, 0.3) is 0 Å². The van der Waals surface area contributed by atoms with E-state index in [1.807, 2.05) is 12.1 Å². The SMILES string of the molecule is Clc1cc(Cl)cc(N2CCCCNCC2)c1. The van der Waals surface area contributed by atoms with Crippen molar-refractivity contribution < 1.29 is 0 Å². The van der Waals surface area contributed by atoms with E-state index in [1.54, 1.807) is 6.07 Å². The average molecular weight is 259 g/mol. The predicted molar refractivity (Wildman–Crippen MR) is 70.8 cm³/mol. The van der Waals surface area contributed by atoms with E-state index in [2.05, 4.69) is 10.2 Å². The van der Waals surface area contributed by atoms with E-state index in [-0.39, 0.29) is 0 Å². The maximum absolute atomic E-state index is 6.02. The van der Waals surface area contributed by atoms with Gasteiger partial charge in [0.05, 0.1) is 0 Å². The molecule has 0 aromatic heterocycles. The molecule has 16 heavy (non-hydrogen) atoms. The van der Waals surface area contributed by atoms with Gasteiger partial charge in [0.1, 0.15) is 0 Å². The zero-order chi connectivity index (χ0) is 11.4. The van der Waals surface area contributed by atoms with Gasteiger partial charge in [0.15, 0.2) is 0 Å². The van der Waals surface area contributed by atoms with Crippen LogP contribution in [0, 0.1) is 0 Å². The monoisotopic (exact) mass is 258 g/mol. The van der Waals surface area contributed by atoms with Gasteiger partial charge in [-0.3, -0.25) is 0 Å². The Morgan fingerprint density at radius 2 is 1.69 bits per heavy atom. The van der Waals surface area contributed by atoms with E-state index in [4.69, 9.17) is 23.2 Å². The van der Waals surface area contributed by atoms with Crippen molar-refractivity contribution in [2.45, 2.75) is 12.8 Å². The van der Waals surface area contributed by atoms with Crippen LogP contribution >= 0.6 is 23.2 Å². The molecule has 1 heterocycles. The second-order valence-corrected chi connectivity index (χ2v) is 4.94. The molecule has 0 spiro atoms. The van der Waals surface area contributed by atoms with Gasteiger partial charge in [-0.25, -0.2) is 0 Å². The van der Waals surface area contributed by atoms with Crippen LogP contribution in [0.5, 0.6) is 0 Å². The first-order chi connectivity index (χ1) is 7.75. The molecule has 4 heteroatoms. The summed E-state index contributed by atoms with van der Waals surface area (Å²) in [4.78, 5) is 2.34. The number of nitrogens with one attached hydrogen (secondary N) is 1.